The molecule has 1 aliphatic carbocycles. The largest absolute Gasteiger partial charge is 0.345 e. The number of aromatic nitrogens is 5. The van der Waals surface area contributed by atoms with Crippen LogP contribution in [0.2, 0.25) is 0 Å². The third kappa shape index (κ3) is 1.40. The Morgan fingerprint density at radius 3 is 3.20 bits per heavy atom. The van der Waals surface area contributed by atoms with Gasteiger partial charge < -0.3 is 4.98 Å². The minimum absolute atomic E-state index is 0.125. The van der Waals surface area contributed by atoms with Gasteiger partial charge in [0.15, 0.2) is 11.3 Å². The average molecular weight is 269 g/mol. The quantitative estimate of drug-likeness (QED) is 0.777. The molecule has 104 valence electrons. The van der Waals surface area contributed by atoms with Crippen LogP contribution in [-0.2, 0) is 5.41 Å². The Labute approximate surface area is 117 Å². The molecule has 1 aliphatic rings. The molecule has 0 aromatic carbocycles. The first kappa shape index (κ1) is 11.9. The number of nitrogens with zero attached hydrogens (tertiary/aromatic N) is 4. The van der Waals surface area contributed by atoms with Crippen LogP contribution >= 0.6 is 0 Å². The summed E-state index contributed by atoms with van der Waals surface area (Å²) < 4.78 is 2.19. The number of hydrogen-bond donors (Lipinski definition) is 1. The third-order valence-electron chi connectivity index (χ3n) is 5.10. The second-order valence-electron chi connectivity index (χ2n) is 6.10. The summed E-state index contributed by atoms with van der Waals surface area (Å²) in [5, 5.41) is 8.88. The van der Waals surface area contributed by atoms with E-state index in [0.717, 1.165) is 22.6 Å². The van der Waals surface area contributed by atoms with E-state index in [1.54, 1.807) is 6.20 Å². The van der Waals surface area contributed by atoms with Gasteiger partial charge in [0.2, 0.25) is 0 Å². The van der Waals surface area contributed by atoms with Crippen LogP contribution in [0.5, 0.6) is 0 Å². The molecule has 0 unspecified atom stereocenters. The first-order chi connectivity index (χ1) is 9.74. The molecule has 0 amide bonds. The molecule has 1 N–H and O–H groups in total. The van der Waals surface area contributed by atoms with Gasteiger partial charge in [0.25, 0.3) is 0 Å². The van der Waals surface area contributed by atoms with E-state index in [0.29, 0.717) is 5.92 Å². The lowest BCUT2D eigenvalue weighted by atomic mass is 9.77. The standard InChI is InChI=1S/C15H19N5/c1-3-10-5-4-7-15(10,2)14-19-18-12-9-17-13-11(20(12)14)6-8-16-13/h6,8-10,16H,3-5,7H2,1-2H3/t10-,15+/m1/s1. The summed E-state index contributed by atoms with van der Waals surface area (Å²) in [6.07, 6.45) is 8.70. The summed E-state index contributed by atoms with van der Waals surface area (Å²) in [6.45, 7) is 4.63. The van der Waals surface area contributed by atoms with E-state index in [2.05, 4.69) is 44.5 Å². The molecular weight excluding hydrogens is 250 g/mol. The third-order valence-corrected chi connectivity index (χ3v) is 5.10. The number of H-pyrrole nitrogens is 1. The van der Waals surface area contributed by atoms with Gasteiger partial charge in [-0.3, -0.25) is 4.40 Å². The van der Waals surface area contributed by atoms with Crippen molar-refractivity contribution in [1.29, 1.82) is 0 Å². The lowest BCUT2D eigenvalue weighted by Crippen LogP contribution is -2.29. The Morgan fingerprint density at radius 2 is 2.35 bits per heavy atom. The molecule has 5 heteroatoms. The summed E-state index contributed by atoms with van der Waals surface area (Å²) in [6, 6.07) is 2.06. The second kappa shape index (κ2) is 4.04. The van der Waals surface area contributed by atoms with Crippen molar-refractivity contribution in [1.82, 2.24) is 24.6 Å². The van der Waals surface area contributed by atoms with Gasteiger partial charge in [0, 0.05) is 11.6 Å². The van der Waals surface area contributed by atoms with Gasteiger partial charge in [-0.05, 0) is 24.8 Å². The van der Waals surface area contributed by atoms with Crippen molar-refractivity contribution in [3.63, 3.8) is 0 Å². The van der Waals surface area contributed by atoms with Gasteiger partial charge >= 0.3 is 0 Å². The molecule has 0 radical (unpaired) electrons. The van der Waals surface area contributed by atoms with E-state index in [-0.39, 0.29) is 5.41 Å². The van der Waals surface area contributed by atoms with E-state index in [1.165, 1.54) is 25.7 Å². The molecule has 5 nitrogen and oxygen atoms in total. The first-order valence-corrected chi connectivity index (χ1v) is 7.42. The van der Waals surface area contributed by atoms with Crippen LogP contribution in [0.1, 0.15) is 45.4 Å². The Balaban J connectivity index is 2.02. The molecule has 0 bridgehead atoms. The smallest absolute Gasteiger partial charge is 0.179 e. The second-order valence-corrected chi connectivity index (χ2v) is 6.10. The van der Waals surface area contributed by atoms with Gasteiger partial charge in [-0.2, -0.15) is 0 Å². The van der Waals surface area contributed by atoms with Crippen LogP contribution in [0, 0.1) is 5.92 Å². The monoisotopic (exact) mass is 269 g/mol. The summed E-state index contributed by atoms with van der Waals surface area (Å²) in [4.78, 5) is 7.56. The summed E-state index contributed by atoms with van der Waals surface area (Å²) in [5.74, 6) is 1.79. The molecule has 0 saturated heterocycles. The van der Waals surface area contributed by atoms with Crippen molar-refractivity contribution >= 4 is 16.8 Å². The van der Waals surface area contributed by atoms with Crippen LogP contribution in [0.15, 0.2) is 18.5 Å². The normalized spacial score (nSPS) is 26.8. The van der Waals surface area contributed by atoms with Crippen LogP contribution < -0.4 is 0 Å². The van der Waals surface area contributed by atoms with Crippen molar-refractivity contribution in [2.75, 3.05) is 0 Å². The molecule has 3 aromatic rings. The van der Waals surface area contributed by atoms with Gasteiger partial charge in [-0.25, -0.2) is 4.98 Å². The molecule has 0 aliphatic heterocycles. The first-order valence-electron chi connectivity index (χ1n) is 7.42. The fraction of sp³-hybridized carbons (Fsp3) is 0.533. The zero-order valence-corrected chi connectivity index (χ0v) is 11.9. The van der Waals surface area contributed by atoms with Crippen LogP contribution in [0.3, 0.4) is 0 Å². The Bertz CT molecular complexity index is 771. The lowest BCUT2D eigenvalue weighted by molar-refractivity contribution is 0.316. The average Bonchev–Trinajstić information content (AvgIpc) is 3.14. The Morgan fingerprint density at radius 1 is 1.45 bits per heavy atom. The topological polar surface area (TPSA) is 58.9 Å². The Kier molecular flexibility index (Phi) is 2.40. The highest BCUT2D eigenvalue weighted by Crippen LogP contribution is 2.46. The summed E-state index contributed by atoms with van der Waals surface area (Å²) >= 11 is 0. The van der Waals surface area contributed by atoms with Gasteiger partial charge in [-0.15, -0.1) is 10.2 Å². The highest BCUT2D eigenvalue weighted by Gasteiger charge is 2.42. The SMILES string of the molecule is CC[C@@H]1CCC[C@]1(C)c1nnc2cnc3[nH]ccc3n12. The fourth-order valence-corrected chi connectivity index (χ4v) is 3.93. The van der Waals surface area contributed by atoms with Crippen LogP contribution in [0.25, 0.3) is 16.8 Å². The van der Waals surface area contributed by atoms with Crippen molar-refractivity contribution in [2.45, 2.75) is 44.9 Å². The lowest BCUT2D eigenvalue weighted by Gasteiger charge is -2.29. The zero-order valence-electron chi connectivity index (χ0n) is 11.9. The van der Waals surface area contributed by atoms with E-state index >= 15 is 0 Å². The predicted molar refractivity (Wildman–Crippen MR) is 77.6 cm³/mol. The maximum atomic E-state index is 4.54. The van der Waals surface area contributed by atoms with Gasteiger partial charge in [0.1, 0.15) is 5.82 Å². The number of hydrogen-bond acceptors (Lipinski definition) is 3. The summed E-state index contributed by atoms with van der Waals surface area (Å²) in [7, 11) is 0. The molecule has 3 aromatic heterocycles. The molecular formula is C15H19N5. The minimum Gasteiger partial charge on any atom is -0.345 e. The van der Waals surface area contributed by atoms with Crippen molar-refractivity contribution in [3.8, 4) is 0 Å². The van der Waals surface area contributed by atoms with Crippen LogP contribution in [-0.4, -0.2) is 24.6 Å². The molecule has 4 rings (SSSR count). The molecule has 0 spiro atoms. The molecule has 3 heterocycles. The molecule has 1 fully saturated rings. The van der Waals surface area contributed by atoms with E-state index in [9.17, 15) is 0 Å². The van der Waals surface area contributed by atoms with Gasteiger partial charge in [0.05, 0.1) is 11.7 Å². The van der Waals surface area contributed by atoms with Crippen molar-refractivity contribution in [3.05, 3.63) is 24.3 Å². The fourth-order valence-electron chi connectivity index (χ4n) is 3.93. The van der Waals surface area contributed by atoms with E-state index < -0.39 is 0 Å². The summed E-state index contributed by atoms with van der Waals surface area (Å²) in [5.41, 5.74) is 2.94. The zero-order chi connectivity index (χ0) is 13.7. The maximum absolute atomic E-state index is 4.54. The molecule has 20 heavy (non-hydrogen) atoms. The van der Waals surface area contributed by atoms with E-state index in [4.69, 9.17) is 0 Å². The van der Waals surface area contributed by atoms with Crippen molar-refractivity contribution in [2.24, 2.45) is 5.92 Å². The molecule has 1 saturated carbocycles. The maximum Gasteiger partial charge on any atom is 0.179 e. The van der Waals surface area contributed by atoms with Crippen molar-refractivity contribution < 1.29 is 0 Å². The number of rotatable bonds is 2. The number of fused-ring (bicyclic) bond motifs is 3. The minimum atomic E-state index is 0.125. The van der Waals surface area contributed by atoms with E-state index in [1.807, 2.05) is 6.20 Å². The predicted octanol–water partition coefficient (Wildman–Crippen LogP) is 3.07. The highest BCUT2D eigenvalue weighted by atomic mass is 15.3. The molecule has 2 atom stereocenters. The van der Waals surface area contributed by atoms with Crippen LogP contribution in [0.4, 0.5) is 0 Å². The highest BCUT2D eigenvalue weighted by molar-refractivity contribution is 5.74. The van der Waals surface area contributed by atoms with Gasteiger partial charge in [-0.1, -0.05) is 26.7 Å². The number of nitrogens with one attached hydrogen (secondary N) is 1. The number of aromatic amines is 1. The Hall–Kier alpha value is -1.91.